The number of nitriles is 1. The Morgan fingerprint density at radius 2 is 1.98 bits per heavy atom. The van der Waals surface area contributed by atoms with Crippen molar-refractivity contribution in [3.8, 4) is 34.1 Å². The maximum Gasteiger partial charge on any atom is 0.471 e. The number of phosphoric acid groups is 1. The fourth-order valence-electron chi connectivity index (χ4n) is 4.31. The standard InChI is InChI=1S/C29H30N5O6P/c1-19(40-41(36,37)38)34-18-27(21-8-5-7-20(11-21)16-30)26-14-23(17-31-29(26)34)22-12-24(15-25(13-22)39-4)32-28(35)9-6-10-33(2)3/h5-9,11-15,17-19H,10H2,1-4H3,(H,32,35)(H2,36,37,38). The number of rotatable bonds is 10. The van der Waals surface area contributed by atoms with Crippen LogP contribution in [0.15, 0.2) is 73.1 Å². The number of anilines is 1. The summed E-state index contributed by atoms with van der Waals surface area (Å²) in [4.78, 5) is 37.8. The smallest absolute Gasteiger partial charge is 0.471 e. The third kappa shape index (κ3) is 7.46. The first-order valence-corrected chi connectivity index (χ1v) is 14.1. The molecule has 1 amide bonds. The van der Waals surface area contributed by atoms with Crippen LogP contribution in [0.25, 0.3) is 33.3 Å². The molecule has 0 aliphatic rings. The number of ether oxygens (including phenoxy) is 1. The van der Waals surface area contributed by atoms with E-state index in [4.69, 9.17) is 9.26 Å². The first-order chi connectivity index (χ1) is 19.5. The van der Waals surface area contributed by atoms with E-state index >= 15 is 0 Å². The zero-order chi connectivity index (χ0) is 29.7. The van der Waals surface area contributed by atoms with Gasteiger partial charge in [-0.2, -0.15) is 5.26 Å². The Hall–Kier alpha value is -4.30. The molecule has 0 saturated carbocycles. The Morgan fingerprint density at radius 1 is 1.20 bits per heavy atom. The SMILES string of the molecule is COc1cc(NC(=O)C=CCN(C)C)cc(-c2cnc3c(c2)c(-c2cccc(C#N)c2)cn3C(C)OP(=O)(O)O)c1. The second kappa shape index (κ2) is 12.5. The van der Waals surface area contributed by atoms with Gasteiger partial charge in [0.25, 0.3) is 0 Å². The minimum absolute atomic E-state index is 0.282. The molecular formula is C29H30N5O6P. The largest absolute Gasteiger partial charge is 0.497 e. The number of nitrogens with zero attached hydrogens (tertiary/aromatic N) is 4. The molecule has 212 valence electrons. The lowest BCUT2D eigenvalue weighted by molar-refractivity contribution is -0.111. The number of likely N-dealkylation sites (N-methyl/N-ethyl adjacent to an activating group) is 1. The molecule has 0 spiro atoms. The van der Waals surface area contributed by atoms with Crippen LogP contribution in [-0.4, -0.2) is 57.9 Å². The predicted molar refractivity (Wildman–Crippen MR) is 156 cm³/mol. The average Bonchev–Trinajstić information content (AvgIpc) is 3.31. The second-order valence-electron chi connectivity index (χ2n) is 9.54. The summed E-state index contributed by atoms with van der Waals surface area (Å²) in [5.41, 5.74) is 4.24. The molecule has 1 atom stereocenters. The number of nitrogens with one attached hydrogen (secondary N) is 1. The van der Waals surface area contributed by atoms with Crippen LogP contribution in [0.1, 0.15) is 18.7 Å². The molecule has 0 radical (unpaired) electrons. The summed E-state index contributed by atoms with van der Waals surface area (Å²) in [6, 6.07) is 16.3. The minimum atomic E-state index is -4.78. The Kier molecular flexibility index (Phi) is 9.03. The third-order valence-electron chi connectivity index (χ3n) is 6.14. The number of fused-ring (bicyclic) bond motifs is 1. The third-order valence-corrected chi connectivity index (χ3v) is 6.72. The molecule has 4 rings (SSSR count). The van der Waals surface area contributed by atoms with E-state index in [9.17, 15) is 24.4 Å². The Bertz CT molecular complexity index is 1700. The van der Waals surface area contributed by atoms with Crippen molar-refractivity contribution in [2.75, 3.05) is 33.1 Å². The van der Waals surface area contributed by atoms with Crippen LogP contribution in [0.2, 0.25) is 0 Å². The molecule has 1 unspecified atom stereocenters. The molecule has 2 heterocycles. The molecule has 0 aliphatic carbocycles. The summed E-state index contributed by atoms with van der Waals surface area (Å²) < 4.78 is 23.5. The molecule has 0 fully saturated rings. The number of carbonyl (C=O) groups excluding carboxylic acids is 1. The van der Waals surface area contributed by atoms with E-state index < -0.39 is 14.1 Å². The summed E-state index contributed by atoms with van der Waals surface area (Å²) in [6.45, 7) is 2.13. The highest BCUT2D eigenvalue weighted by molar-refractivity contribution is 7.46. The number of phosphoric ester groups is 1. The van der Waals surface area contributed by atoms with Crippen LogP contribution >= 0.6 is 7.82 Å². The lowest BCUT2D eigenvalue weighted by Crippen LogP contribution is -2.13. The van der Waals surface area contributed by atoms with Crippen LogP contribution in [0.4, 0.5) is 5.69 Å². The second-order valence-corrected chi connectivity index (χ2v) is 10.7. The highest BCUT2D eigenvalue weighted by Gasteiger charge is 2.23. The summed E-state index contributed by atoms with van der Waals surface area (Å²) >= 11 is 0. The van der Waals surface area contributed by atoms with Gasteiger partial charge in [-0.3, -0.25) is 9.32 Å². The van der Waals surface area contributed by atoms with E-state index in [1.54, 1.807) is 48.8 Å². The van der Waals surface area contributed by atoms with Crippen molar-refractivity contribution in [3.05, 3.63) is 78.6 Å². The molecule has 2 aromatic carbocycles. The highest BCUT2D eigenvalue weighted by Crippen LogP contribution is 2.43. The van der Waals surface area contributed by atoms with Crippen LogP contribution in [0, 0.1) is 11.3 Å². The van der Waals surface area contributed by atoms with Crippen molar-refractivity contribution in [1.82, 2.24) is 14.5 Å². The summed E-state index contributed by atoms with van der Waals surface area (Å²) in [6.07, 6.45) is 5.51. The quantitative estimate of drug-likeness (QED) is 0.177. The predicted octanol–water partition coefficient (Wildman–Crippen LogP) is 4.93. The number of aromatic nitrogens is 2. The number of carbonyl (C=O) groups is 1. The van der Waals surface area contributed by atoms with Gasteiger partial charge in [-0.1, -0.05) is 18.2 Å². The van der Waals surface area contributed by atoms with Gasteiger partial charge in [0.1, 0.15) is 17.6 Å². The van der Waals surface area contributed by atoms with Gasteiger partial charge in [0.05, 0.1) is 18.7 Å². The van der Waals surface area contributed by atoms with E-state index in [0.29, 0.717) is 45.7 Å². The van der Waals surface area contributed by atoms with Crippen LogP contribution in [-0.2, 0) is 13.9 Å². The average molecular weight is 576 g/mol. The number of benzene rings is 2. The van der Waals surface area contributed by atoms with Crippen molar-refractivity contribution in [3.63, 3.8) is 0 Å². The maximum absolute atomic E-state index is 12.5. The van der Waals surface area contributed by atoms with Gasteiger partial charge in [0.15, 0.2) is 0 Å². The van der Waals surface area contributed by atoms with Gasteiger partial charge in [-0.25, -0.2) is 9.55 Å². The molecule has 12 heteroatoms. The van der Waals surface area contributed by atoms with Crippen molar-refractivity contribution >= 4 is 30.5 Å². The maximum atomic E-state index is 12.5. The molecule has 0 aliphatic heterocycles. The van der Waals surface area contributed by atoms with Gasteiger partial charge >= 0.3 is 7.82 Å². The van der Waals surface area contributed by atoms with Gasteiger partial charge in [0, 0.05) is 53.3 Å². The Labute approximate surface area is 237 Å². The molecule has 41 heavy (non-hydrogen) atoms. The number of hydrogen-bond donors (Lipinski definition) is 3. The summed E-state index contributed by atoms with van der Waals surface area (Å²) in [5, 5.41) is 12.9. The first kappa shape index (κ1) is 29.7. The number of hydrogen-bond acceptors (Lipinski definition) is 7. The van der Waals surface area contributed by atoms with Crippen molar-refractivity contribution < 1.29 is 28.4 Å². The molecule has 2 aromatic heterocycles. The topological polar surface area (TPSA) is 150 Å². The van der Waals surface area contributed by atoms with E-state index in [1.165, 1.54) is 24.7 Å². The van der Waals surface area contributed by atoms with Gasteiger partial charge in [-0.15, -0.1) is 0 Å². The molecule has 3 N–H and O–H groups in total. The van der Waals surface area contributed by atoms with Crippen molar-refractivity contribution in [1.29, 1.82) is 5.26 Å². The molecule has 0 bridgehead atoms. The number of pyridine rings is 1. The van der Waals surface area contributed by atoms with E-state index in [1.807, 2.05) is 37.2 Å². The first-order valence-electron chi connectivity index (χ1n) is 12.5. The van der Waals surface area contributed by atoms with Crippen LogP contribution in [0.5, 0.6) is 5.75 Å². The van der Waals surface area contributed by atoms with Gasteiger partial charge < -0.3 is 29.3 Å². The van der Waals surface area contributed by atoms with Gasteiger partial charge in [-0.05, 0) is 62.5 Å². The normalized spacial score (nSPS) is 12.5. The monoisotopic (exact) mass is 575 g/mol. The fourth-order valence-corrected chi connectivity index (χ4v) is 4.81. The summed E-state index contributed by atoms with van der Waals surface area (Å²) in [7, 11) is 0.568. The van der Waals surface area contributed by atoms with E-state index in [2.05, 4.69) is 16.4 Å². The Morgan fingerprint density at radius 3 is 2.66 bits per heavy atom. The molecule has 0 saturated heterocycles. The number of amides is 1. The van der Waals surface area contributed by atoms with Crippen molar-refractivity contribution in [2.24, 2.45) is 0 Å². The fraction of sp³-hybridized carbons (Fsp3) is 0.207. The highest BCUT2D eigenvalue weighted by atomic mass is 31.2. The molecule has 11 nitrogen and oxygen atoms in total. The zero-order valence-corrected chi connectivity index (χ0v) is 23.9. The number of methoxy groups -OCH3 is 1. The Balaban J connectivity index is 1.81. The van der Waals surface area contributed by atoms with Crippen molar-refractivity contribution in [2.45, 2.75) is 13.2 Å². The minimum Gasteiger partial charge on any atom is -0.497 e. The molecular weight excluding hydrogens is 545 g/mol. The van der Waals surface area contributed by atoms with E-state index in [-0.39, 0.29) is 5.91 Å². The van der Waals surface area contributed by atoms with Crippen LogP contribution < -0.4 is 10.1 Å². The lowest BCUT2D eigenvalue weighted by Gasteiger charge is -2.16. The zero-order valence-electron chi connectivity index (χ0n) is 23.0. The van der Waals surface area contributed by atoms with Crippen LogP contribution in [0.3, 0.4) is 0 Å². The van der Waals surface area contributed by atoms with E-state index in [0.717, 1.165) is 11.1 Å². The lowest BCUT2D eigenvalue weighted by atomic mass is 10.0. The van der Waals surface area contributed by atoms with Gasteiger partial charge in [0.2, 0.25) is 5.91 Å². The molecule has 4 aromatic rings. The summed E-state index contributed by atoms with van der Waals surface area (Å²) in [5.74, 6) is 0.244.